The molecule has 72 heavy (non-hydrogen) atoms. The van der Waals surface area contributed by atoms with E-state index in [0.29, 0.717) is 103 Å². The lowest BCUT2D eigenvalue weighted by Gasteiger charge is -2.65. The molecule has 0 aromatic heterocycles. The van der Waals surface area contributed by atoms with E-state index in [1.165, 1.54) is 0 Å². The number of nitro groups is 6. The molecule has 6 aliphatic carbocycles. The van der Waals surface area contributed by atoms with Crippen LogP contribution in [-0.2, 0) is 9.53 Å². The average Bonchev–Trinajstić information content (AvgIpc) is 3.98. The van der Waals surface area contributed by atoms with Crippen molar-refractivity contribution in [3.8, 4) is 0 Å². The van der Waals surface area contributed by atoms with E-state index in [2.05, 4.69) is 10.2 Å². The lowest BCUT2D eigenvalue weighted by molar-refractivity contribution is -0.532. The lowest BCUT2D eigenvalue weighted by atomic mass is 9.35. The fraction of sp³-hybridized carbons (Fsp3) is 0.940. The van der Waals surface area contributed by atoms with E-state index < -0.39 is 111 Å². The largest absolute Gasteiger partial charge is 0.357 e. The minimum absolute atomic E-state index is 0.0669. The number of amides is 1. The molecule has 2 bridgehead atoms. The van der Waals surface area contributed by atoms with Gasteiger partial charge in [0.25, 0.3) is 0 Å². The maximum Gasteiger partial charge on any atom is 0.225 e. The zero-order chi connectivity index (χ0) is 51.7. The quantitative estimate of drug-likeness (QED) is 0.0978. The predicted octanol–water partition coefficient (Wildman–Crippen LogP) is 8.02. The van der Waals surface area contributed by atoms with Gasteiger partial charge >= 0.3 is 0 Å². The van der Waals surface area contributed by atoms with Gasteiger partial charge in [-0.3, -0.25) is 70.4 Å². The first-order valence-electron chi connectivity index (χ1n) is 27.4. The maximum absolute atomic E-state index is 14.5. The molecule has 0 aromatic carbocycles. The van der Waals surface area contributed by atoms with Gasteiger partial charge in [0, 0.05) is 141 Å². The highest BCUT2D eigenvalue weighted by Gasteiger charge is 2.92. The molecule has 9 rings (SSSR count). The average molecular weight is 1010 g/mol. The third kappa shape index (κ3) is 8.28. The molecule has 18 atom stereocenters. The van der Waals surface area contributed by atoms with E-state index in [1.54, 1.807) is 20.8 Å². The number of likely N-dealkylation sites (tertiary alicyclic amines) is 1. The number of hydrogen-bond acceptors (Lipinski definition) is 15. The number of carbonyl (C=O) groups excluding carboxylic acids is 1. The Bertz CT molecular complexity index is 2190. The van der Waals surface area contributed by atoms with Crippen LogP contribution in [0.4, 0.5) is 0 Å². The van der Waals surface area contributed by atoms with Crippen molar-refractivity contribution < 1.29 is 39.1 Å². The molecule has 9 aliphatic rings. The van der Waals surface area contributed by atoms with Crippen molar-refractivity contribution >= 4 is 5.91 Å². The first-order valence-corrected chi connectivity index (χ1v) is 27.4. The van der Waals surface area contributed by atoms with Crippen molar-refractivity contribution in [1.29, 1.82) is 0 Å². The Kier molecular flexibility index (Phi) is 14.3. The molecule has 3 heterocycles. The van der Waals surface area contributed by atoms with Crippen LogP contribution in [0.2, 0.25) is 0 Å². The summed E-state index contributed by atoms with van der Waals surface area (Å²) in [5, 5.41) is 82.5. The minimum atomic E-state index is -1.55. The molecular formula is C50H76N8O14. The number of carbonyl (C=O) groups is 1. The van der Waals surface area contributed by atoms with Gasteiger partial charge in [0.1, 0.15) is 5.60 Å². The number of fused-ring (bicyclic) bond motifs is 5. The zero-order valence-corrected chi connectivity index (χ0v) is 42.3. The van der Waals surface area contributed by atoms with Gasteiger partial charge in [-0.25, -0.2) is 0 Å². The van der Waals surface area contributed by atoms with Crippen molar-refractivity contribution in [2.75, 3.05) is 6.54 Å². The van der Waals surface area contributed by atoms with Gasteiger partial charge in [-0.2, -0.15) is 0 Å². The van der Waals surface area contributed by atoms with E-state index in [4.69, 9.17) is 4.74 Å². The normalized spacial score (nSPS) is 44.4. The van der Waals surface area contributed by atoms with E-state index in [1.807, 2.05) is 12.2 Å². The summed E-state index contributed by atoms with van der Waals surface area (Å²) >= 11 is 0. The molecule has 22 nitrogen and oxygen atoms in total. The van der Waals surface area contributed by atoms with E-state index in [-0.39, 0.29) is 93.4 Å². The molecule has 8 fully saturated rings. The van der Waals surface area contributed by atoms with Gasteiger partial charge < -0.3 is 10.1 Å². The van der Waals surface area contributed by atoms with Gasteiger partial charge in [0.05, 0.1) is 12.1 Å². The van der Waals surface area contributed by atoms with E-state index in [0.717, 1.165) is 0 Å². The van der Waals surface area contributed by atoms with Crippen LogP contribution in [-0.4, -0.2) is 112 Å². The van der Waals surface area contributed by atoms with Crippen LogP contribution in [0, 0.1) is 107 Å². The summed E-state index contributed by atoms with van der Waals surface area (Å²) in [5.74, 6) is -3.10. The standard InChI is InChI=1S/C50H76N8O14/c1-46(2,3)45(59)51-30-47-22-23-48(72-47,33-12-6-18-39(26-33)55(64)65)50(35-14-8-20-41(28-35)57(68)69)44(32-11-5-17-38(25-32)54(62)63)52(36-15-9-21-42(29-36)58(70)71)43(31-10-4-16-37(24-31)53(60)61)49(47,50)34-13-7-19-40(27-34)56(66)67/h22-23,31-44H,4-21,24-30H2,1-3H3,(H,51,59). The minimum Gasteiger partial charge on any atom is -0.357 e. The van der Waals surface area contributed by atoms with Gasteiger partial charge in [0.2, 0.25) is 42.2 Å². The first kappa shape index (κ1) is 52.4. The molecule has 3 aliphatic heterocycles. The number of hydrogen-bond donors (Lipinski definition) is 1. The summed E-state index contributed by atoms with van der Waals surface area (Å²) in [7, 11) is 0. The Morgan fingerprint density at radius 1 is 0.514 bits per heavy atom. The van der Waals surface area contributed by atoms with Crippen molar-refractivity contribution in [2.45, 2.75) is 240 Å². The summed E-state index contributed by atoms with van der Waals surface area (Å²) in [6, 6.07) is -7.91. The number of ether oxygens (including phenoxy) is 1. The molecule has 400 valence electrons. The van der Waals surface area contributed by atoms with Crippen LogP contribution >= 0.6 is 0 Å². The molecule has 2 saturated heterocycles. The third-order valence-corrected chi connectivity index (χ3v) is 20.7. The van der Waals surface area contributed by atoms with Gasteiger partial charge in [0.15, 0.2) is 0 Å². The molecule has 22 heteroatoms. The highest BCUT2D eigenvalue weighted by molar-refractivity contribution is 5.81. The van der Waals surface area contributed by atoms with Crippen molar-refractivity contribution in [1.82, 2.24) is 10.2 Å². The molecule has 0 radical (unpaired) electrons. The van der Waals surface area contributed by atoms with Crippen LogP contribution in [0.25, 0.3) is 0 Å². The first-order chi connectivity index (χ1) is 34.1. The second-order valence-corrected chi connectivity index (χ2v) is 25.0. The van der Waals surface area contributed by atoms with Crippen molar-refractivity contribution in [3.63, 3.8) is 0 Å². The molecule has 0 spiro atoms. The van der Waals surface area contributed by atoms with Crippen LogP contribution < -0.4 is 5.32 Å². The highest BCUT2D eigenvalue weighted by atomic mass is 16.6. The number of nitrogens with one attached hydrogen (secondary N) is 1. The molecule has 1 N–H and O–H groups in total. The fourth-order valence-corrected chi connectivity index (χ4v) is 18.4. The molecule has 0 aromatic rings. The molecule has 6 saturated carbocycles. The Labute approximate surface area is 419 Å². The van der Waals surface area contributed by atoms with Gasteiger partial charge in [-0.1, -0.05) is 32.9 Å². The SMILES string of the molecule is CC(C)(C)C(=O)NCC12C=CC(C3CCCC([N+](=O)[O-])C3)(O1)C1(C3CCCC([N+](=O)[O-])C3)C(C3CCCC([N+](=O)[O-])C3)N(C3CCCC([N+](=O)[O-])C3)C(C3CCCC([N+](=O)[O-])C3)C21C1CCCC([N+](=O)[O-])C1. The summed E-state index contributed by atoms with van der Waals surface area (Å²) < 4.78 is 8.24. The summed E-state index contributed by atoms with van der Waals surface area (Å²) in [4.78, 5) is 94.7. The summed E-state index contributed by atoms with van der Waals surface area (Å²) in [6.45, 7) is 5.22. The van der Waals surface area contributed by atoms with Crippen LogP contribution in [0.15, 0.2) is 12.2 Å². The maximum atomic E-state index is 14.5. The van der Waals surface area contributed by atoms with Crippen LogP contribution in [0.3, 0.4) is 0 Å². The summed E-state index contributed by atoms with van der Waals surface area (Å²) in [6.07, 6.45) is 12.2. The second kappa shape index (κ2) is 19.7. The Hall–Kier alpha value is -4.47. The second-order valence-electron chi connectivity index (χ2n) is 25.0. The Morgan fingerprint density at radius 3 is 1.35 bits per heavy atom. The van der Waals surface area contributed by atoms with Gasteiger partial charge in [-0.15, -0.1) is 0 Å². The third-order valence-electron chi connectivity index (χ3n) is 20.7. The Morgan fingerprint density at radius 2 is 0.889 bits per heavy atom. The van der Waals surface area contributed by atoms with Crippen molar-refractivity contribution in [2.24, 2.45) is 45.8 Å². The summed E-state index contributed by atoms with van der Waals surface area (Å²) in [5.41, 5.74) is -6.65. The number of rotatable bonds is 14. The van der Waals surface area contributed by atoms with Crippen molar-refractivity contribution in [3.05, 3.63) is 72.8 Å². The monoisotopic (exact) mass is 1010 g/mol. The lowest BCUT2D eigenvalue weighted by Crippen LogP contribution is -2.72. The fourth-order valence-electron chi connectivity index (χ4n) is 18.4. The zero-order valence-electron chi connectivity index (χ0n) is 42.3. The highest BCUT2D eigenvalue weighted by Crippen LogP contribution is 2.85. The van der Waals surface area contributed by atoms with Crippen LogP contribution in [0.1, 0.15) is 175 Å². The number of nitrogens with zero attached hydrogens (tertiary/aromatic N) is 7. The Balaban J connectivity index is 1.46. The molecular weight excluding hydrogens is 937 g/mol. The molecule has 18 unspecified atom stereocenters. The van der Waals surface area contributed by atoms with Crippen LogP contribution in [0.5, 0.6) is 0 Å². The van der Waals surface area contributed by atoms with Gasteiger partial charge in [-0.05, 0) is 107 Å². The molecule has 1 amide bonds. The van der Waals surface area contributed by atoms with E-state index >= 15 is 0 Å². The van der Waals surface area contributed by atoms with E-state index in [9.17, 15) is 65.5 Å². The topological polar surface area (TPSA) is 300 Å². The smallest absolute Gasteiger partial charge is 0.225 e. The predicted molar refractivity (Wildman–Crippen MR) is 259 cm³/mol.